The normalized spacial score (nSPS) is 27.8. The van der Waals surface area contributed by atoms with Crippen LogP contribution in [0.25, 0.3) is 0 Å². The predicted octanol–water partition coefficient (Wildman–Crippen LogP) is 4.57. The van der Waals surface area contributed by atoms with Crippen LogP contribution in [-0.4, -0.2) is 5.54 Å². The molecule has 1 aromatic carbocycles. The molecular formula is C16H23ClFN. The first-order valence-electron chi connectivity index (χ1n) is 7.12. The second kappa shape index (κ2) is 5.80. The summed E-state index contributed by atoms with van der Waals surface area (Å²) in [7, 11) is 0. The van der Waals surface area contributed by atoms with Crippen molar-refractivity contribution in [3.05, 3.63) is 34.6 Å². The molecule has 1 nitrogen and oxygen atoms in total. The van der Waals surface area contributed by atoms with Crippen LogP contribution in [0.4, 0.5) is 4.39 Å². The minimum absolute atomic E-state index is 0.175. The third-order valence-electron chi connectivity index (χ3n) is 4.51. The fraction of sp³-hybridized carbons (Fsp3) is 0.625. The molecule has 0 bridgehead atoms. The number of hydrogen-bond donors (Lipinski definition) is 1. The number of halogens is 2. The maximum absolute atomic E-state index is 13.5. The smallest absolute Gasteiger partial charge is 0.142 e. The molecule has 2 N–H and O–H groups in total. The van der Waals surface area contributed by atoms with Crippen LogP contribution in [0.5, 0.6) is 0 Å². The summed E-state index contributed by atoms with van der Waals surface area (Å²) in [6.07, 6.45) is 5.17. The van der Waals surface area contributed by atoms with E-state index in [1.165, 1.54) is 18.9 Å². The summed E-state index contributed by atoms with van der Waals surface area (Å²) < 4.78 is 13.5. The van der Waals surface area contributed by atoms with Crippen molar-refractivity contribution in [3.8, 4) is 0 Å². The van der Waals surface area contributed by atoms with Gasteiger partial charge in [-0.25, -0.2) is 4.39 Å². The summed E-state index contributed by atoms with van der Waals surface area (Å²) in [4.78, 5) is 0. The van der Waals surface area contributed by atoms with Gasteiger partial charge >= 0.3 is 0 Å². The first kappa shape index (κ1) is 14.8. The van der Waals surface area contributed by atoms with E-state index in [0.717, 1.165) is 36.7 Å². The van der Waals surface area contributed by atoms with Crippen LogP contribution < -0.4 is 5.73 Å². The van der Waals surface area contributed by atoms with E-state index in [0.29, 0.717) is 0 Å². The number of benzene rings is 1. The van der Waals surface area contributed by atoms with Gasteiger partial charge in [0.05, 0.1) is 5.02 Å². The van der Waals surface area contributed by atoms with Crippen molar-refractivity contribution in [1.29, 1.82) is 0 Å². The Labute approximate surface area is 120 Å². The lowest BCUT2D eigenvalue weighted by Crippen LogP contribution is -2.45. The van der Waals surface area contributed by atoms with Crippen molar-refractivity contribution >= 4 is 11.6 Å². The highest BCUT2D eigenvalue weighted by atomic mass is 35.5. The first-order valence-corrected chi connectivity index (χ1v) is 7.50. The van der Waals surface area contributed by atoms with Crippen molar-refractivity contribution in [3.63, 3.8) is 0 Å². The minimum Gasteiger partial charge on any atom is -0.325 e. The van der Waals surface area contributed by atoms with Crippen molar-refractivity contribution in [2.75, 3.05) is 0 Å². The Morgan fingerprint density at radius 3 is 2.53 bits per heavy atom. The van der Waals surface area contributed by atoms with E-state index in [2.05, 4.69) is 13.8 Å². The molecule has 0 amide bonds. The number of rotatable bonds is 3. The van der Waals surface area contributed by atoms with E-state index in [1.807, 2.05) is 6.07 Å². The second-order valence-electron chi connectivity index (χ2n) is 6.37. The van der Waals surface area contributed by atoms with E-state index >= 15 is 0 Å². The van der Waals surface area contributed by atoms with E-state index in [4.69, 9.17) is 17.3 Å². The minimum atomic E-state index is -0.348. The van der Waals surface area contributed by atoms with Crippen LogP contribution in [0, 0.1) is 17.7 Å². The summed E-state index contributed by atoms with van der Waals surface area (Å²) in [6.45, 7) is 4.56. The standard InChI is InChI=1S/C16H23ClFN/c1-11(2)13-5-7-16(19,8-6-13)10-12-3-4-14(17)15(18)9-12/h3-4,9,11,13H,5-8,10,19H2,1-2H3. The van der Waals surface area contributed by atoms with Crippen molar-refractivity contribution in [1.82, 2.24) is 0 Å². The SMILES string of the molecule is CC(C)C1CCC(N)(Cc2ccc(Cl)c(F)c2)CC1. The number of hydrogen-bond acceptors (Lipinski definition) is 1. The van der Waals surface area contributed by atoms with Crippen LogP contribution in [0.2, 0.25) is 5.02 Å². The van der Waals surface area contributed by atoms with E-state index < -0.39 is 0 Å². The van der Waals surface area contributed by atoms with Gasteiger partial charge in [0.2, 0.25) is 0 Å². The lowest BCUT2D eigenvalue weighted by Gasteiger charge is -2.38. The maximum atomic E-state index is 13.5. The molecule has 0 unspecified atom stereocenters. The molecule has 19 heavy (non-hydrogen) atoms. The summed E-state index contributed by atoms with van der Waals surface area (Å²) in [6, 6.07) is 5.02. The van der Waals surface area contributed by atoms with Gasteiger partial charge in [-0.2, -0.15) is 0 Å². The lowest BCUT2D eigenvalue weighted by molar-refractivity contribution is 0.194. The molecule has 1 aromatic rings. The van der Waals surface area contributed by atoms with Gasteiger partial charge < -0.3 is 5.73 Å². The average molecular weight is 284 g/mol. The topological polar surface area (TPSA) is 26.0 Å². The molecule has 106 valence electrons. The highest BCUT2D eigenvalue weighted by Gasteiger charge is 2.32. The van der Waals surface area contributed by atoms with E-state index in [1.54, 1.807) is 6.07 Å². The van der Waals surface area contributed by atoms with E-state index in [9.17, 15) is 4.39 Å². The summed E-state index contributed by atoms with van der Waals surface area (Å²) in [5, 5.41) is 0.179. The highest BCUT2D eigenvalue weighted by Crippen LogP contribution is 2.36. The summed E-state index contributed by atoms with van der Waals surface area (Å²) in [5.74, 6) is 1.18. The third-order valence-corrected chi connectivity index (χ3v) is 4.82. The van der Waals surface area contributed by atoms with Gasteiger partial charge in [0, 0.05) is 5.54 Å². The van der Waals surface area contributed by atoms with Gasteiger partial charge in [-0.3, -0.25) is 0 Å². The Balaban J connectivity index is 2.00. The van der Waals surface area contributed by atoms with Crippen molar-refractivity contribution < 1.29 is 4.39 Å². The molecule has 0 atom stereocenters. The monoisotopic (exact) mass is 283 g/mol. The van der Waals surface area contributed by atoms with Crippen molar-refractivity contribution in [2.45, 2.75) is 51.5 Å². The molecule has 0 spiro atoms. The Bertz CT molecular complexity index is 436. The molecule has 0 heterocycles. The molecular weight excluding hydrogens is 261 g/mol. The zero-order valence-electron chi connectivity index (χ0n) is 11.8. The lowest BCUT2D eigenvalue weighted by atomic mass is 9.71. The zero-order chi connectivity index (χ0) is 14.0. The zero-order valence-corrected chi connectivity index (χ0v) is 12.5. The molecule has 1 fully saturated rings. The molecule has 0 saturated heterocycles. The molecule has 1 aliphatic rings. The Kier molecular flexibility index (Phi) is 4.52. The van der Waals surface area contributed by atoms with E-state index in [-0.39, 0.29) is 16.4 Å². The fourth-order valence-electron chi connectivity index (χ4n) is 3.11. The molecule has 0 aromatic heterocycles. The Morgan fingerprint density at radius 2 is 2.00 bits per heavy atom. The van der Waals surface area contributed by atoms with Gasteiger partial charge in [-0.15, -0.1) is 0 Å². The largest absolute Gasteiger partial charge is 0.325 e. The van der Waals surface area contributed by atoms with Crippen LogP contribution >= 0.6 is 11.6 Å². The van der Waals surface area contributed by atoms with Gasteiger partial charge in [0.25, 0.3) is 0 Å². The van der Waals surface area contributed by atoms with Gasteiger partial charge in [-0.05, 0) is 61.6 Å². The molecule has 2 rings (SSSR count). The highest BCUT2D eigenvalue weighted by molar-refractivity contribution is 6.30. The average Bonchev–Trinajstić information content (AvgIpc) is 2.34. The predicted molar refractivity (Wildman–Crippen MR) is 78.8 cm³/mol. The third kappa shape index (κ3) is 3.70. The molecule has 3 heteroatoms. The maximum Gasteiger partial charge on any atom is 0.142 e. The summed E-state index contributed by atoms with van der Waals surface area (Å²) >= 11 is 5.71. The van der Waals surface area contributed by atoms with Crippen LogP contribution in [0.15, 0.2) is 18.2 Å². The van der Waals surface area contributed by atoms with Crippen LogP contribution in [-0.2, 0) is 6.42 Å². The van der Waals surface area contributed by atoms with Crippen LogP contribution in [0.3, 0.4) is 0 Å². The quantitative estimate of drug-likeness (QED) is 0.864. The molecule has 1 aliphatic carbocycles. The van der Waals surface area contributed by atoms with Crippen molar-refractivity contribution in [2.24, 2.45) is 17.6 Å². The molecule has 0 radical (unpaired) electrons. The van der Waals surface area contributed by atoms with Gasteiger partial charge in [0.15, 0.2) is 0 Å². The Hall–Kier alpha value is -0.600. The van der Waals surface area contributed by atoms with Gasteiger partial charge in [0.1, 0.15) is 5.82 Å². The number of nitrogens with two attached hydrogens (primary N) is 1. The van der Waals surface area contributed by atoms with Crippen LogP contribution in [0.1, 0.15) is 45.1 Å². The Morgan fingerprint density at radius 1 is 1.37 bits per heavy atom. The summed E-state index contributed by atoms with van der Waals surface area (Å²) in [5.41, 5.74) is 7.26. The second-order valence-corrected chi connectivity index (χ2v) is 6.78. The molecule has 0 aliphatic heterocycles. The first-order chi connectivity index (χ1) is 8.89. The fourth-order valence-corrected chi connectivity index (χ4v) is 3.23. The van der Waals surface area contributed by atoms with Gasteiger partial charge in [-0.1, -0.05) is 31.5 Å². The molecule has 1 saturated carbocycles.